The molecule has 0 spiro atoms. The van der Waals surface area contributed by atoms with E-state index in [2.05, 4.69) is 17.0 Å². The Labute approximate surface area is 95.1 Å². The molecule has 2 aromatic rings. The van der Waals surface area contributed by atoms with Gasteiger partial charge in [-0.15, -0.1) is 0 Å². The lowest BCUT2D eigenvalue weighted by atomic mass is 10.0. The minimum Gasteiger partial charge on any atom is -0.398 e. The third-order valence-electron chi connectivity index (χ3n) is 2.54. The Balaban J connectivity index is 2.51. The minimum absolute atomic E-state index is 0.750. The van der Waals surface area contributed by atoms with Crippen LogP contribution >= 0.6 is 0 Å². The first-order valence-electron chi connectivity index (χ1n) is 5.44. The van der Waals surface area contributed by atoms with Gasteiger partial charge in [0.25, 0.3) is 0 Å². The van der Waals surface area contributed by atoms with Crippen LogP contribution < -0.4 is 5.73 Å². The summed E-state index contributed by atoms with van der Waals surface area (Å²) in [6.45, 7) is 2.14. The zero-order chi connectivity index (χ0) is 11.5. The van der Waals surface area contributed by atoms with E-state index in [-0.39, 0.29) is 0 Å². The van der Waals surface area contributed by atoms with Gasteiger partial charge in [-0.2, -0.15) is 5.10 Å². The highest BCUT2D eigenvalue weighted by molar-refractivity contribution is 5.76. The van der Waals surface area contributed by atoms with Crippen LogP contribution in [0.3, 0.4) is 0 Å². The average Bonchev–Trinajstić information content (AvgIpc) is 2.61. The second kappa shape index (κ2) is 4.35. The molecule has 2 heterocycles. The number of aryl methyl sites for hydroxylation is 2. The molecule has 0 atom stereocenters. The fourth-order valence-electron chi connectivity index (χ4n) is 1.81. The number of aromatic nitrogens is 3. The topological polar surface area (TPSA) is 56.7 Å². The van der Waals surface area contributed by atoms with Crippen LogP contribution in [0.4, 0.5) is 5.69 Å². The molecule has 0 fully saturated rings. The van der Waals surface area contributed by atoms with Gasteiger partial charge in [-0.1, -0.05) is 13.3 Å². The van der Waals surface area contributed by atoms with Crippen LogP contribution in [0.25, 0.3) is 11.1 Å². The molecule has 4 heteroatoms. The number of hydrogen-bond acceptors (Lipinski definition) is 3. The SMILES string of the molecule is CCCc1nn(C)cc1-c1cnccc1N. The molecule has 0 unspecified atom stereocenters. The zero-order valence-corrected chi connectivity index (χ0v) is 9.64. The molecule has 84 valence electrons. The summed E-state index contributed by atoms with van der Waals surface area (Å²) in [7, 11) is 1.93. The fourth-order valence-corrected chi connectivity index (χ4v) is 1.81. The molecule has 16 heavy (non-hydrogen) atoms. The number of rotatable bonds is 3. The van der Waals surface area contributed by atoms with Crippen LogP contribution in [0.2, 0.25) is 0 Å². The maximum absolute atomic E-state index is 5.95. The molecule has 0 aliphatic carbocycles. The second-order valence-corrected chi connectivity index (χ2v) is 3.88. The quantitative estimate of drug-likeness (QED) is 0.854. The summed E-state index contributed by atoms with van der Waals surface area (Å²) in [5.74, 6) is 0. The molecular formula is C12H16N4. The molecule has 0 bridgehead atoms. The number of hydrogen-bond donors (Lipinski definition) is 1. The predicted octanol–water partition coefficient (Wildman–Crippen LogP) is 2.02. The molecule has 0 saturated carbocycles. The smallest absolute Gasteiger partial charge is 0.0704 e. The molecular weight excluding hydrogens is 200 g/mol. The van der Waals surface area contributed by atoms with Gasteiger partial charge in [-0.05, 0) is 12.5 Å². The van der Waals surface area contributed by atoms with Gasteiger partial charge in [0.05, 0.1) is 5.69 Å². The van der Waals surface area contributed by atoms with Gasteiger partial charge in [0.15, 0.2) is 0 Å². The third-order valence-corrected chi connectivity index (χ3v) is 2.54. The van der Waals surface area contributed by atoms with Crippen molar-refractivity contribution in [3.8, 4) is 11.1 Å². The van der Waals surface area contributed by atoms with E-state index in [4.69, 9.17) is 5.73 Å². The number of nitrogen functional groups attached to an aromatic ring is 1. The van der Waals surface area contributed by atoms with Crippen molar-refractivity contribution in [2.24, 2.45) is 7.05 Å². The summed E-state index contributed by atoms with van der Waals surface area (Å²) in [6, 6.07) is 1.82. The van der Waals surface area contributed by atoms with Crippen LogP contribution in [0, 0.1) is 0 Å². The Morgan fingerprint density at radius 1 is 1.38 bits per heavy atom. The highest BCUT2D eigenvalue weighted by Crippen LogP contribution is 2.27. The largest absolute Gasteiger partial charge is 0.398 e. The van der Waals surface area contributed by atoms with Crippen molar-refractivity contribution in [3.63, 3.8) is 0 Å². The lowest BCUT2D eigenvalue weighted by molar-refractivity contribution is 0.733. The standard InChI is InChI=1S/C12H16N4/c1-3-4-12-10(8-16(2)15-12)9-7-14-6-5-11(9)13/h5-8H,3-4H2,1-2H3,(H2,13,14). The van der Waals surface area contributed by atoms with E-state index >= 15 is 0 Å². The highest BCUT2D eigenvalue weighted by Gasteiger charge is 2.11. The van der Waals surface area contributed by atoms with E-state index in [1.807, 2.05) is 24.0 Å². The van der Waals surface area contributed by atoms with Crippen LogP contribution in [0.5, 0.6) is 0 Å². The molecule has 0 aliphatic heterocycles. The molecule has 0 amide bonds. The first-order valence-corrected chi connectivity index (χ1v) is 5.44. The molecule has 2 aromatic heterocycles. The highest BCUT2D eigenvalue weighted by atomic mass is 15.2. The van der Waals surface area contributed by atoms with Crippen LogP contribution in [-0.2, 0) is 13.5 Å². The molecule has 2 N–H and O–H groups in total. The molecule has 0 saturated heterocycles. The summed E-state index contributed by atoms with van der Waals surface area (Å²) in [5.41, 5.74) is 9.85. The van der Waals surface area contributed by atoms with E-state index in [1.165, 1.54) is 0 Å². The van der Waals surface area contributed by atoms with E-state index in [0.717, 1.165) is 35.3 Å². The van der Waals surface area contributed by atoms with Gasteiger partial charge in [0.2, 0.25) is 0 Å². The maximum atomic E-state index is 5.95. The summed E-state index contributed by atoms with van der Waals surface area (Å²) in [5, 5.41) is 4.45. The monoisotopic (exact) mass is 216 g/mol. The van der Waals surface area contributed by atoms with Gasteiger partial charge < -0.3 is 5.73 Å². The van der Waals surface area contributed by atoms with Gasteiger partial charge >= 0.3 is 0 Å². The maximum Gasteiger partial charge on any atom is 0.0704 e. The Hall–Kier alpha value is -1.84. The van der Waals surface area contributed by atoms with E-state index in [9.17, 15) is 0 Å². The van der Waals surface area contributed by atoms with Crippen molar-refractivity contribution in [1.29, 1.82) is 0 Å². The Morgan fingerprint density at radius 3 is 2.88 bits per heavy atom. The van der Waals surface area contributed by atoms with Gasteiger partial charge in [0, 0.05) is 42.5 Å². The van der Waals surface area contributed by atoms with Gasteiger partial charge in [-0.25, -0.2) is 0 Å². The summed E-state index contributed by atoms with van der Waals surface area (Å²) in [4.78, 5) is 4.12. The van der Waals surface area contributed by atoms with E-state index < -0.39 is 0 Å². The van der Waals surface area contributed by atoms with Crippen molar-refractivity contribution in [2.75, 3.05) is 5.73 Å². The van der Waals surface area contributed by atoms with Gasteiger partial charge in [0.1, 0.15) is 0 Å². The minimum atomic E-state index is 0.750. The van der Waals surface area contributed by atoms with E-state index in [1.54, 1.807) is 12.4 Å². The third kappa shape index (κ3) is 1.91. The molecule has 0 aromatic carbocycles. The van der Waals surface area contributed by atoms with Crippen LogP contribution in [0.15, 0.2) is 24.7 Å². The van der Waals surface area contributed by atoms with Crippen molar-refractivity contribution in [3.05, 3.63) is 30.4 Å². The second-order valence-electron chi connectivity index (χ2n) is 3.88. The van der Waals surface area contributed by atoms with E-state index in [0.29, 0.717) is 0 Å². The summed E-state index contributed by atoms with van der Waals surface area (Å²) >= 11 is 0. The zero-order valence-electron chi connectivity index (χ0n) is 9.64. The van der Waals surface area contributed by atoms with Gasteiger partial charge in [-0.3, -0.25) is 9.67 Å². The predicted molar refractivity (Wildman–Crippen MR) is 64.8 cm³/mol. The van der Waals surface area contributed by atoms with Crippen molar-refractivity contribution in [2.45, 2.75) is 19.8 Å². The normalized spacial score (nSPS) is 10.6. The van der Waals surface area contributed by atoms with Crippen LogP contribution in [-0.4, -0.2) is 14.8 Å². The average molecular weight is 216 g/mol. The Kier molecular flexibility index (Phi) is 2.90. The summed E-state index contributed by atoms with van der Waals surface area (Å²) in [6.07, 6.45) is 7.53. The first-order chi connectivity index (χ1) is 7.72. The summed E-state index contributed by atoms with van der Waals surface area (Å²) < 4.78 is 1.83. The lowest BCUT2D eigenvalue weighted by Gasteiger charge is -2.03. The number of nitrogens with two attached hydrogens (primary N) is 1. The Bertz CT molecular complexity index is 488. The number of anilines is 1. The fraction of sp³-hybridized carbons (Fsp3) is 0.333. The van der Waals surface area contributed by atoms with Crippen molar-refractivity contribution >= 4 is 5.69 Å². The number of pyridine rings is 1. The Morgan fingerprint density at radius 2 is 2.19 bits per heavy atom. The molecule has 4 nitrogen and oxygen atoms in total. The lowest BCUT2D eigenvalue weighted by Crippen LogP contribution is -1.93. The molecule has 0 aliphatic rings. The molecule has 2 rings (SSSR count). The number of nitrogens with zero attached hydrogens (tertiary/aromatic N) is 3. The first kappa shape index (κ1) is 10.7. The van der Waals surface area contributed by atoms with Crippen LogP contribution in [0.1, 0.15) is 19.0 Å². The van der Waals surface area contributed by atoms with Crippen molar-refractivity contribution in [1.82, 2.24) is 14.8 Å². The van der Waals surface area contributed by atoms with Crippen molar-refractivity contribution < 1.29 is 0 Å². The molecule has 0 radical (unpaired) electrons.